The number of likely N-dealkylation sites (N-methyl/N-ethyl adjacent to an activating group) is 1. The first-order valence-electron chi connectivity index (χ1n) is 12.4. The number of carbonyl (C=O) groups is 1. The van der Waals surface area contributed by atoms with Crippen LogP contribution in [0, 0.1) is 0 Å². The number of piperidine rings is 1. The number of piperazine rings is 1. The summed E-state index contributed by atoms with van der Waals surface area (Å²) in [5.74, 6) is 2.19. The number of likely N-dealkylation sites (tertiary alicyclic amines) is 1. The molecular formula is C25H32N8O. The number of amides is 1. The molecule has 2 N–H and O–H groups in total. The average Bonchev–Trinajstić information content (AvgIpc) is 3.62. The van der Waals surface area contributed by atoms with Gasteiger partial charge in [0.15, 0.2) is 5.82 Å². The first kappa shape index (κ1) is 21.5. The SMILES string of the molecule is CN1CCN(C2CCN(C(=O)c3ccc(Nc4nc(C5CC5)nc5cn[nH]c45)cc3)CC2)CC1. The van der Waals surface area contributed by atoms with E-state index in [4.69, 9.17) is 4.98 Å². The van der Waals surface area contributed by atoms with Gasteiger partial charge >= 0.3 is 0 Å². The molecule has 0 radical (unpaired) electrons. The number of aromatic nitrogens is 4. The first-order chi connectivity index (χ1) is 16.6. The molecule has 0 atom stereocenters. The van der Waals surface area contributed by atoms with Gasteiger partial charge in [-0.3, -0.25) is 14.8 Å². The van der Waals surface area contributed by atoms with Crippen molar-refractivity contribution in [3.05, 3.63) is 41.9 Å². The summed E-state index contributed by atoms with van der Waals surface area (Å²) in [6.07, 6.45) is 6.15. The topological polar surface area (TPSA) is 93.3 Å². The maximum Gasteiger partial charge on any atom is 0.253 e. The second kappa shape index (κ2) is 8.96. The third-order valence-corrected chi connectivity index (χ3v) is 7.46. The Kier molecular flexibility index (Phi) is 5.66. The summed E-state index contributed by atoms with van der Waals surface area (Å²) in [5, 5.41) is 10.5. The molecule has 2 saturated heterocycles. The number of anilines is 2. The zero-order valence-electron chi connectivity index (χ0n) is 19.7. The Morgan fingerprint density at radius 2 is 1.71 bits per heavy atom. The van der Waals surface area contributed by atoms with Gasteiger partial charge in [-0.05, 0) is 57.0 Å². The molecule has 1 aromatic carbocycles. The van der Waals surface area contributed by atoms with Gasteiger partial charge in [-0.15, -0.1) is 0 Å². The van der Waals surface area contributed by atoms with E-state index >= 15 is 0 Å². The maximum absolute atomic E-state index is 13.1. The Morgan fingerprint density at radius 1 is 0.971 bits per heavy atom. The fourth-order valence-electron chi connectivity index (χ4n) is 5.11. The second-order valence-corrected chi connectivity index (χ2v) is 9.90. The van der Waals surface area contributed by atoms with Gasteiger partial charge in [-0.2, -0.15) is 5.10 Å². The lowest BCUT2D eigenvalue weighted by Crippen LogP contribution is -2.52. The average molecular weight is 461 g/mol. The van der Waals surface area contributed by atoms with Crippen molar-refractivity contribution in [2.45, 2.75) is 37.6 Å². The number of fused-ring (bicyclic) bond motifs is 1. The number of aromatic amines is 1. The van der Waals surface area contributed by atoms with Gasteiger partial charge in [0.1, 0.15) is 16.9 Å². The minimum Gasteiger partial charge on any atom is -0.339 e. The van der Waals surface area contributed by atoms with Crippen LogP contribution in [0.1, 0.15) is 47.8 Å². The number of nitrogens with zero attached hydrogens (tertiary/aromatic N) is 6. The van der Waals surface area contributed by atoms with Gasteiger partial charge in [0, 0.05) is 62.5 Å². The summed E-state index contributed by atoms with van der Waals surface area (Å²) in [6.45, 7) is 6.23. The number of benzene rings is 1. The Balaban J connectivity index is 1.09. The molecule has 4 heterocycles. The number of carbonyl (C=O) groups excluding carboxylic acids is 1. The summed E-state index contributed by atoms with van der Waals surface area (Å²) in [4.78, 5) is 29.5. The standard InChI is InChI=1S/C25H32N8O/c1-31-12-14-32(15-13-31)20-8-10-33(11-9-20)25(34)18-4-6-19(7-5-18)27-24-22-21(16-26-30-22)28-23(29-24)17-2-3-17/h4-7,16-17,20H,2-3,8-15H2,1H3,(H,26,30)(H,27,28,29). The predicted octanol–water partition coefficient (Wildman–Crippen LogP) is 2.83. The van der Waals surface area contributed by atoms with Crippen LogP contribution < -0.4 is 5.32 Å². The van der Waals surface area contributed by atoms with E-state index < -0.39 is 0 Å². The highest BCUT2D eigenvalue weighted by atomic mass is 16.2. The zero-order chi connectivity index (χ0) is 23.1. The largest absolute Gasteiger partial charge is 0.339 e. The van der Waals surface area contributed by atoms with Crippen molar-refractivity contribution in [1.82, 2.24) is 34.9 Å². The summed E-state index contributed by atoms with van der Waals surface area (Å²) in [7, 11) is 2.19. The minimum atomic E-state index is 0.123. The molecule has 0 spiro atoms. The minimum absolute atomic E-state index is 0.123. The lowest BCUT2D eigenvalue weighted by atomic mass is 10.0. The number of H-pyrrole nitrogens is 1. The fraction of sp³-hybridized carbons (Fsp3) is 0.520. The predicted molar refractivity (Wildman–Crippen MR) is 131 cm³/mol. The van der Waals surface area contributed by atoms with E-state index in [2.05, 4.69) is 37.3 Å². The van der Waals surface area contributed by atoms with Crippen molar-refractivity contribution in [3.63, 3.8) is 0 Å². The summed E-state index contributed by atoms with van der Waals surface area (Å²) >= 11 is 0. The van der Waals surface area contributed by atoms with Gasteiger partial charge in [0.25, 0.3) is 5.91 Å². The number of nitrogens with one attached hydrogen (secondary N) is 2. The van der Waals surface area contributed by atoms with Crippen LogP contribution in [0.4, 0.5) is 11.5 Å². The molecule has 1 saturated carbocycles. The molecule has 3 fully saturated rings. The molecule has 2 aliphatic heterocycles. The second-order valence-electron chi connectivity index (χ2n) is 9.90. The van der Waals surface area contributed by atoms with E-state index in [1.54, 1.807) is 6.20 Å². The summed E-state index contributed by atoms with van der Waals surface area (Å²) < 4.78 is 0. The van der Waals surface area contributed by atoms with Crippen LogP contribution in [0.3, 0.4) is 0 Å². The van der Waals surface area contributed by atoms with Crippen LogP contribution in [-0.2, 0) is 0 Å². The molecule has 6 rings (SSSR count). The van der Waals surface area contributed by atoms with Crippen molar-refractivity contribution in [3.8, 4) is 0 Å². The van der Waals surface area contributed by atoms with Crippen LogP contribution in [0.2, 0.25) is 0 Å². The molecule has 9 nitrogen and oxygen atoms in total. The van der Waals surface area contributed by atoms with Crippen molar-refractivity contribution >= 4 is 28.4 Å². The van der Waals surface area contributed by atoms with Gasteiger partial charge in [-0.1, -0.05) is 0 Å². The molecule has 9 heteroatoms. The highest BCUT2D eigenvalue weighted by Crippen LogP contribution is 2.39. The highest BCUT2D eigenvalue weighted by Gasteiger charge is 2.29. The maximum atomic E-state index is 13.1. The van der Waals surface area contributed by atoms with Crippen LogP contribution in [-0.4, -0.2) is 93.1 Å². The van der Waals surface area contributed by atoms with Crippen molar-refractivity contribution in [2.75, 3.05) is 51.6 Å². The van der Waals surface area contributed by atoms with Crippen molar-refractivity contribution in [1.29, 1.82) is 0 Å². The Labute approximate surface area is 199 Å². The molecule has 1 amide bonds. The van der Waals surface area contributed by atoms with Gasteiger partial charge in [0.2, 0.25) is 0 Å². The van der Waals surface area contributed by atoms with E-state index in [-0.39, 0.29) is 5.91 Å². The molecule has 3 aliphatic rings. The Morgan fingerprint density at radius 3 is 2.41 bits per heavy atom. The smallest absolute Gasteiger partial charge is 0.253 e. The van der Waals surface area contributed by atoms with Crippen LogP contribution in [0.5, 0.6) is 0 Å². The normalized spacial score (nSPS) is 20.7. The molecule has 2 aromatic heterocycles. The monoisotopic (exact) mass is 460 g/mol. The lowest BCUT2D eigenvalue weighted by molar-refractivity contribution is 0.0519. The van der Waals surface area contributed by atoms with Crippen molar-refractivity contribution < 1.29 is 4.79 Å². The van der Waals surface area contributed by atoms with Crippen molar-refractivity contribution in [2.24, 2.45) is 0 Å². The summed E-state index contributed by atoms with van der Waals surface area (Å²) in [6, 6.07) is 8.32. The highest BCUT2D eigenvalue weighted by molar-refractivity contribution is 5.95. The molecule has 0 unspecified atom stereocenters. The molecule has 178 valence electrons. The van der Waals surface area contributed by atoms with E-state index in [1.165, 1.54) is 0 Å². The molecule has 34 heavy (non-hydrogen) atoms. The van der Waals surface area contributed by atoms with Gasteiger partial charge in [-0.25, -0.2) is 9.97 Å². The van der Waals surface area contributed by atoms with Crippen LogP contribution in [0.15, 0.2) is 30.5 Å². The quantitative estimate of drug-likeness (QED) is 0.605. The third kappa shape index (κ3) is 4.37. The van der Waals surface area contributed by atoms with E-state index in [9.17, 15) is 4.79 Å². The lowest BCUT2D eigenvalue weighted by Gasteiger charge is -2.42. The number of hydrogen-bond donors (Lipinski definition) is 2. The van der Waals surface area contributed by atoms with Crippen LogP contribution >= 0.6 is 0 Å². The van der Waals surface area contributed by atoms with E-state index in [0.717, 1.165) is 98.9 Å². The first-order valence-corrected chi connectivity index (χ1v) is 12.4. The van der Waals surface area contributed by atoms with E-state index in [1.807, 2.05) is 29.2 Å². The number of rotatable bonds is 5. The van der Waals surface area contributed by atoms with E-state index in [0.29, 0.717) is 12.0 Å². The van der Waals surface area contributed by atoms with Gasteiger partial charge < -0.3 is 15.1 Å². The Hall–Kier alpha value is -3.04. The zero-order valence-corrected chi connectivity index (χ0v) is 19.7. The molecule has 1 aliphatic carbocycles. The molecular weight excluding hydrogens is 428 g/mol. The Bertz CT molecular complexity index is 1160. The summed E-state index contributed by atoms with van der Waals surface area (Å²) in [5.41, 5.74) is 3.25. The van der Waals surface area contributed by atoms with Crippen LogP contribution in [0.25, 0.3) is 11.0 Å². The number of hydrogen-bond acceptors (Lipinski definition) is 7. The molecule has 0 bridgehead atoms. The molecule has 3 aromatic rings. The van der Waals surface area contributed by atoms with Gasteiger partial charge in [0.05, 0.1) is 6.20 Å². The third-order valence-electron chi connectivity index (χ3n) is 7.46. The fourth-order valence-corrected chi connectivity index (χ4v) is 5.11.